The van der Waals surface area contributed by atoms with E-state index in [1.165, 1.54) is 24.6 Å². The van der Waals surface area contributed by atoms with E-state index in [4.69, 9.17) is 0 Å². The maximum absolute atomic E-state index is 13.2. The number of aromatic hydroxyl groups is 2. The molecular weight excluding hydrogens is 331 g/mol. The van der Waals surface area contributed by atoms with E-state index in [1.807, 2.05) is 0 Å². The molecule has 26 heavy (non-hydrogen) atoms. The van der Waals surface area contributed by atoms with Crippen molar-refractivity contribution in [1.82, 2.24) is 0 Å². The Bertz CT molecular complexity index is 881. The fraction of sp³-hybridized carbons (Fsp3) is 0.0476. The van der Waals surface area contributed by atoms with Gasteiger partial charge in [0.2, 0.25) is 0 Å². The van der Waals surface area contributed by atoms with Crippen molar-refractivity contribution in [3.8, 4) is 11.5 Å². The van der Waals surface area contributed by atoms with E-state index in [9.17, 15) is 14.6 Å². The number of halogens is 1. The fourth-order valence-corrected chi connectivity index (χ4v) is 2.34. The number of benzene rings is 3. The van der Waals surface area contributed by atoms with Crippen LogP contribution in [0.4, 0.5) is 4.39 Å². The number of phenols is 2. The standard InChI is InChI=1S/C21H17FN2O2/c22-18-11-9-15(10-12-18)21(23-13-16-5-1-3-7-19(16)25)24-14-17-6-2-4-8-20(17)26/h1-14,21,25-26H/b23-13+,24-14+. The number of nitrogens with zero attached hydrogens (tertiary/aromatic N) is 2. The van der Waals surface area contributed by atoms with Gasteiger partial charge in [-0.2, -0.15) is 0 Å². The zero-order valence-electron chi connectivity index (χ0n) is 13.8. The monoisotopic (exact) mass is 348 g/mol. The molecule has 2 N–H and O–H groups in total. The van der Waals surface area contributed by atoms with Gasteiger partial charge in [-0.15, -0.1) is 0 Å². The molecule has 0 heterocycles. The first kappa shape index (κ1) is 17.4. The molecule has 0 saturated carbocycles. The summed E-state index contributed by atoms with van der Waals surface area (Å²) in [5.41, 5.74) is 1.79. The Morgan fingerprint density at radius 3 is 1.62 bits per heavy atom. The van der Waals surface area contributed by atoms with Crippen molar-refractivity contribution in [2.24, 2.45) is 9.98 Å². The molecule has 0 aliphatic carbocycles. The summed E-state index contributed by atoms with van der Waals surface area (Å²) in [4.78, 5) is 8.82. The molecule has 0 radical (unpaired) electrons. The highest BCUT2D eigenvalue weighted by Gasteiger charge is 2.08. The lowest BCUT2D eigenvalue weighted by Crippen LogP contribution is -1.96. The minimum Gasteiger partial charge on any atom is -0.507 e. The van der Waals surface area contributed by atoms with Gasteiger partial charge in [0.1, 0.15) is 17.3 Å². The molecule has 3 aromatic carbocycles. The Balaban J connectivity index is 1.93. The van der Waals surface area contributed by atoms with Gasteiger partial charge in [0.25, 0.3) is 0 Å². The second-order valence-corrected chi connectivity index (χ2v) is 5.60. The Labute approximate surface area is 150 Å². The van der Waals surface area contributed by atoms with Gasteiger partial charge in [-0.1, -0.05) is 36.4 Å². The molecule has 4 nitrogen and oxygen atoms in total. The summed E-state index contributed by atoms with van der Waals surface area (Å²) < 4.78 is 13.2. The van der Waals surface area contributed by atoms with Gasteiger partial charge in [-0.05, 0) is 42.0 Å². The van der Waals surface area contributed by atoms with Crippen molar-refractivity contribution in [1.29, 1.82) is 0 Å². The zero-order chi connectivity index (χ0) is 18.4. The average Bonchev–Trinajstić information content (AvgIpc) is 2.65. The number of aliphatic imine (C=N–C) groups is 2. The SMILES string of the molecule is Oc1ccccc1/C=N/C(/N=C/c1ccccc1O)c1ccc(F)cc1. The lowest BCUT2D eigenvalue weighted by Gasteiger charge is -2.09. The van der Waals surface area contributed by atoms with E-state index in [0.29, 0.717) is 16.7 Å². The van der Waals surface area contributed by atoms with Crippen LogP contribution in [0, 0.1) is 5.82 Å². The zero-order valence-corrected chi connectivity index (χ0v) is 13.8. The van der Waals surface area contributed by atoms with E-state index >= 15 is 0 Å². The van der Waals surface area contributed by atoms with Crippen molar-refractivity contribution in [3.63, 3.8) is 0 Å². The van der Waals surface area contributed by atoms with Crippen LogP contribution in [0.2, 0.25) is 0 Å². The summed E-state index contributed by atoms with van der Waals surface area (Å²) in [6.45, 7) is 0. The highest BCUT2D eigenvalue weighted by atomic mass is 19.1. The summed E-state index contributed by atoms with van der Waals surface area (Å²) in [5, 5.41) is 19.7. The van der Waals surface area contributed by atoms with E-state index in [1.54, 1.807) is 60.7 Å². The van der Waals surface area contributed by atoms with Gasteiger partial charge < -0.3 is 10.2 Å². The van der Waals surface area contributed by atoms with Gasteiger partial charge >= 0.3 is 0 Å². The first-order valence-corrected chi connectivity index (χ1v) is 8.01. The molecule has 0 amide bonds. The molecule has 0 atom stereocenters. The molecule has 0 aromatic heterocycles. The Hall–Kier alpha value is -3.47. The quantitative estimate of drug-likeness (QED) is 0.668. The van der Waals surface area contributed by atoms with Gasteiger partial charge in [0.15, 0.2) is 6.17 Å². The highest BCUT2D eigenvalue weighted by Crippen LogP contribution is 2.22. The number of phenolic OH excluding ortho intramolecular Hbond substituents is 2. The molecule has 0 saturated heterocycles. The second-order valence-electron chi connectivity index (χ2n) is 5.60. The van der Waals surface area contributed by atoms with Crippen LogP contribution >= 0.6 is 0 Å². The Morgan fingerprint density at radius 2 is 1.15 bits per heavy atom. The molecule has 0 unspecified atom stereocenters. The molecule has 0 fully saturated rings. The average molecular weight is 348 g/mol. The highest BCUT2D eigenvalue weighted by molar-refractivity contribution is 5.85. The van der Waals surface area contributed by atoms with Crippen LogP contribution in [-0.4, -0.2) is 22.6 Å². The summed E-state index contributed by atoms with van der Waals surface area (Å²) in [6, 6.07) is 19.5. The number of para-hydroxylation sites is 2. The summed E-state index contributed by atoms with van der Waals surface area (Å²) in [7, 11) is 0. The minimum atomic E-state index is -0.644. The van der Waals surface area contributed by atoms with E-state index in [2.05, 4.69) is 9.98 Å². The molecule has 0 aliphatic rings. The predicted octanol–water partition coefficient (Wildman–Crippen LogP) is 4.47. The van der Waals surface area contributed by atoms with Gasteiger partial charge in [0, 0.05) is 23.6 Å². The maximum Gasteiger partial charge on any atom is 0.165 e. The summed E-state index contributed by atoms with van der Waals surface area (Å²) in [6.07, 6.45) is 2.40. The number of hydrogen-bond acceptors (Lipinski definition) is 4. The lowest BCUT2D eigenvalue weighted by atomic mass is 10.1. The van der Waals surface area contributed by atoms with Crippen LogP contribution < -0.4 is 0 Å². The molecular formula is C21H17FN2O2. The molecule has 0 bridgehead atoms. The minimum absolute atomic E-state index is 0.110. The smallest absolute Gasteiger partial charge is 0.165 e. The first-order chi connectivity index (χ1) is 12.6. The van der Waals surface area contributed by atoms with Crippen LogP contribution in [-0.2, 0) is 0 Å². The van der Waals surface area contributed by atoms with Crippen LogP contribution in [0.5, 0.6) is 11.5 Å². The van der Waals surface area contributed by atoms with Crippen molar-refractivity contribution in [2.45, 2.75) is 6.17 Å². The Morgan fingerprint density at radius 1 is 0.692 bits per heavy atom. The first-order valence-electron chi connectivity index (χ1n) is 8.01. The fourth-order valence-electron chi connectivity index (χ4n) is 2.34. The predicted molar refractivity (Wildman–Crippen MR) is 101 cm³/mol. The van der Waals surface area contributed by atoms with Crippen molar-refractivity contribution < 1.29 is 14.6 Å². The molecule has 130 valence electrons. The molecule has 3 rings (SSSR count). The Kier molecular flexibility index (Phi) is 5.39. The van der Waals surface area contributed by atoms with E-state index in [0.717, 1.165) is 0 Å². The molecule has 3 aromatic rings. The maximum atomic E-state index is 13.2. The largest absolute Gasteiger partial charge is 0.507 e. The molecule has 5 heteroatoms. The second kappa shape index (κ2) is 8.07. The van der Waals surface area contributed by atoms with Gasteiger partial charge in [0.05, 0.1) is 0 Å². The third-order valence-corrected chi connectivity index (χ3v) is 3.75. The summed E-state index contributed by atoms with van der Waals surface area (Å²) >= 11 is 0. The molecule has 0 spiro atoms. The van der Waals surface area contributed by atoms with Crippen LogP contribution in [0.25, 0.3) is 0 Å². The van der Waals surface area contributed by atoms with E-state index < -0.39 is 6.17 Å². The lowest BCUT2D eigenvalue weighted by molar-refractivity contribution is 0.474. The van der Waals surface area contributed by atoms with Crippen LogP contribution in [0.3, 0.4) is 0 Å². The third kappa shape index (κ3) is 4.33. The van der Waals surface area contributed by atoms with E-state index in [-0.39, 0.29) is 17.3 Å². The van der Waals surface area contributed by atoms with Crippen LogP contribution in [0.15, 0.2) is 82.8 Å². The van der Waals surface area contributed by atoms with Gasteiger partial charge in [-0.25, -0.2) is 4.39 Å². The van der Waals surface area contributed by atoms with Gasteiger partial charge in [-0.3, -0.25) is 9.98 Å². The topological polar surface area (TPSA) is 65.2 Å². The van der Waals surface area contributed by atoms with Crippen molar-refractivity contribution in [2.75, 3.05) is 0 Å². The normalized spacial score (nSPS) is 11.6. The van der Waals surface area contributed by atoms with Crippen molar-refractivity contribution in [3.05, 3.63) is 95.3 Å². The van der Waals surface area contributed by atoms with Crippen LogP contribution in [0.1, 0.15) is 22.9 Å². The number of rotatable bonds is 5. The summed E-state index contributed by atoms with van der Waals surface area (Å²) in [5.74, 6) is -0.126. The van der Waals surface area contributed by atoms with Crippen molar-refractivity contribution >= 4 is 12.4 Å². The molecule has 0 aliphatic heterocycles. The third-order valence-electron chi connectivity index (χ3n) is 3.75. The number of hydrogen-bond donors (Lipinski definition) is 2.